The first kappa shape index (κ1) is 82.5. The quantitative estimate of drug-likeness (QED) is 0.233. The maximum absolute atomic E-state index is 2.51. The van der Waals surface area contributed by atoms with E-state index in [1.54, 1.807) is 218 Å². The van der Waals surface area contributed by atoms with Crippen LogP contribution in [-0.4, -0.2) is 0 Å². The standard InChI is InChI=1S/C11H18.C9H16.C9H18.4C8H14.C8H16.3C7H12.C7H14.C6H10/c1-7-10-3-8-2-9(5-10)6-11(7)4-8;1-7-6-8-2-4-9(7)5-3-8;1-2-9-7-5-3-4-6-8-9;1-6-4-7-2-3-8(6)5-7;1-6-7-2-3-8(6)5-4-7;1-2-7-3-6-4-8(7)5-6;1-2-8-6-3-4-7(8)5-6;1-2-8-6-4-3-5-7-8;1-5-2-6-3-7(5)4-6;1-5-6-2-3-7(5)4-6;1-2-7-5-3-6(7)4-5;1-2-7-5-3-4-6-7;1-4-5-2-6(4)3-5/h7-11H,2-6H2,1H3;7-9H,2-6H2,1H3;9H,2-8H2,1H3;4*6-8H,2-5H2,1H3;8H,2-7H2,1H3;3*5-7H,2-4H2,1H3;7H,2-6H2,1H3;4-6H,2-3H2,1H3. The van der Waals surface area contributed by atoms with Crippen LogP contribution < -0.4 is 0 Å². The summed E-state index contributed by atoms with van der Waals surface area (Å²) in [6.07, 6.45) is 84.3. The Kier molecular flexibility index (Phi) is 32.5. The minimum absolute atomic E-state index is 1.07. The van der Waals surface area contributed by atoms with Crippen molar-refractivity contribution in [2.24, 2.45) is 207 Å². The summed E-state index contributed by atoms with van der Waals surface area (Å²) in [5, 5.41) is 0. The molecule has 32 saturated carbocycles. The van der Waals surface area contributed by atoms with Crippen molar-refractivity contribution in [3.63, 3.8) is 0 Å². The van der Waals surface area contributed by atoms with Crippen LogP contribution in [0.1, 0.15) is 443 Å². The van der Waals surface area contributed by atoms with Crippen LogP contribution in [0, 0.1) is 207 Å². The molecule has 103 heavy (non-hydrogen) atoms. The summed E-state index contributed by atoms with van der Waals surface area (Å²) in [7, 11) is 0. The third-order valence-corrected chi connectivity index (χ3v) is 39.1. The Morgan fingerprint density at radius 1 is 0.165 bits per heavy atom. The van der Waals surface area contributed by atoms with E-state index in [-0.39, 0.29) is 0 Å². The van der Waals surface area contributed by atoms with Gasteiger partial charge in [0.25, 0.3) is 0 Å². The van der Waals surface area contributed by atoms with Gasteiger partial charge in [0.15, 0.2) is 0 Å². The third-order valence-electron chi connectivity index (χ3n) is 39.1. The molecular weight excluding hydrogens is 1240 g/mol. The topological polar surface area (TPSA) is 0 Å². The maximum atomic E-state index is 2.51. The maximum Gasteiger partial charge on any atom is -0.0360 e. The van der Waals surface area contributed by atoms with Crippen LogP contribution in [0.5, 0.6) is 0 Å². The summed E-state index contributed by atoms with van der Waals surface area (Å²) in [5.74, 6) is 39.9. The van der Waals surface area contributed by atoms with Crippen molar-refractivity contribution >= 4 is 0 Å². The molecule has 0 amide bonds. The van der Waals surface area contributed by atoms with Gasteiger partial charge in [-0.2, -0.15) is 0 Å². The average Bonchev–Trinajstić information content (AvgIpc) is 1.74. The molecule has 0 radical (unpaired) electrons. The molecule has 10 unspecified atom stereocenters. The molecule has 32 aliphatic rings. The zero-order valence-electron chi connectivity index (χ0n) is 72.1. The first-order valence-electron chi connectivity index (χ1n) is 50.1. The molecule has 32 fully saturated rings. The second-order valence-electron chi connectivity index (χ2n) is 44.5. The summed E-state index contributed by atoms with van der Waals surface area (Å²) >= 11 is 0. The van der Waals surface area contributed by atoms with E-state index in [2.05, 4.69) is 90.0 Å². The van der Waals surface area contributed by atoms with Crippen LogP contribution in [0.15, 0.2) is 0 Å². The van der Waals surface area contributed by atoms with E-state index in [0.717, 1.165) is 148 Å². The van der Waals surface area contributed by atoms with Crippen LogP contribution in [0.2, 0.25) is 0 Å². The first-order valence-corrected chi connectivity index (χ1v) is 50.1. The molecule has 0 spiro atoms. The lowest BCUT2D eigenvalue weighted by molar-refractivity contribution is -0.0819. The Bertz CT molecular complexity index is 2160. The summed E-state index contributed by atoms with van der Waals surface area (Å²) in [6, 6.07) is 0. The van der Waals surface area contributed by atoms with Crippen molar-refractivity contribution in [2.45, 2.75) is 443 Å². The predicted molar refractivity (Wildman–Crippen MR) is 450 cm³/mol. The fraction of sp³-hybridized carbons (Fsp3) is 1.00. The lowest BCUT2D eigenvalue weighted by atomic mass is 9.47. The molecule has 0 aromatic heterocycles. The molecule has 0 aromatic carbocycles. The summed E-state index contributed by atoms with van der Waals surface area (Å²) < 4.78 is 0. The van der Waals surface area contributed by atoms with Crippen LogP contribution in [-0.2, 0) is 0 Å². The molecule has 32 aliphatic carbocycles. The van der Waals surface area contributed by atoms with Crippen LogP contribution in [0.25, 0.3) is 0 Å². The van der Waals surface area contributed by atoms with Crippen molar-refractivity contribution < 1.29 is 0 Å². The van der Waals surface area contributed by atoms with Gasteiger partial charge < -0.3 is 0 Å². The smallest absolute Gasteiger partial charge is 0.0360 e. The van der Waals surface area contributed by atoms with Gasteiger partial charge in [-0.25, -0.2) is 0 Å². The summed E-state index contributed by atoms with van der Waals surface area (Å²) in [6.45, 7) is 30.9. The van der Waals surface area contributed by atoms with Gasteiger partial charge in [0, 0.05) is 0 Å². The molecule has 32 rings (SSSR count). The van der Waals surface area contributed by atoms with Crippen LogP contribution in [0.4, 0.5) is 0 Å². The third kappa shape index (κ3) is 22.1. The van der Waals surface area contributed by atoms with Crippen molar-refractivity contribution in [1.29, 1.82) is 0 Å². The van der Waals surface area contributed by atoms with Gasteiger partial charge >= 0.3 is 0 Å². The van der Waals surface area contributed by atoms with Crippen molar-refractivity contribution in [1.82, 2.24) is 0 Å². The second-order valence-corrected chi connectivity index (χ2v) is 44.5. The van der Waals surface area contributed by atoms with Gasteiger partial charge in [0.1, 0.15) is 0 Å². The van der Waals surface area contributed by atoms with Gasteiger partial charge in [0.2, 0.25) is 0 Å². The largest absolute Gasteiger partial charge is 0.0651 e. The normalized spacial score (nSPS) is 47.6. The van der Waals surface area contributed by atoms with Gasteiger partial charge in [-0.3, -0.25) is 0 Å². The van der Waals surface area contributed by atoms with E-state index in [1.165, 1.54) is 194 Å². The highest BCUT2D eigenvalue weighted by atomic mass is 14.6. The first-order chi connectivity index (χ1) is 50.1. The molecule has 596 valence electrons. The van der Waals surface area contributed by atoms with E-state index in [9.17, 15) is 0 Å². The molecule has 0 aromatic rings. The van der Waals surface area contributed by atoms with E-state index >= 15 is 0 Å². The fourth-order valence-corrected chi connectivity index (χ4v) is 30.0. The lowest BCUT2D eigenvalue weighted by Gasteiger charge is -2.58. The second kappa shape index (κ2) is 40.6. The monoisotopic (exact) mass is 1420 g/mol. The number of rotatable bonds is 6. The van der Waals surface area contributed by atoms with Crippen molar-refractivity contribution in [3.05, 3.63) is 0 Å². The SMILES string of the molecule is CC1C2CC1C2.CC1C2CC3CC(C2)CC1C3.CC1C2CCC1C2.CC1C2CCC1CC2.CC1CC2CC1C2.CC1CC2CCC1C2.CC1CC2CCC1CC2.CCC1C2CC1C2.CCC1C2CCC1C2.CCC1CC2CC1C2.CCC1CCCC1.CCC1CCCCC1.CCC1CCCCCC1. The fourth-order valence-electron chi connectivity index (χ4n) is 30.0. The number of fused-ring (bicyclic) bond motifs is 11. The van der Waals surface area contributed by atoms with Crippen LogP contribution >= 0.6 is 0 Å². The zero-order chi connectivity index (χ0) is 72.1. The van der Waals surface area contributed by atoms with Gasteiger partial charge in [-0.15, -0.1) is 0 Å². The minimum atomic E-state index is 1.07. The van der Waals surface area contributed by atoms with Crippen LogP contribution in [0.3, 0.4) is 0 Å². The molecule has 0 aliphatic heterocycles. The molecule has 0 nitrogen and oxygen atoms in total. The van der Waals surface area contributed by atoms with E-state index < -0.39 is 0 Å². The Labute approximate surface area is 646 Å². The van der Waals surface area contributed by atoms with Gasteiger partial charge in [-0.1, -0.05) is 244 Å². The van der Waals surface area contributed by atoms with E-state index in [0.29, 0.717) is 0 Å². The predicted octanol–water partition coefficient (Wildman–Crippen LogP) is 32.4. The molecule has 0 N–H and O–H groups in total. The highest BCUT2D eigenvalue weighted by Crippen LogP contribution is 2.61. The molecule has 10 atom stereocenters. The van der Waals surface area contributed by atoms with Crippen molar-refractivity contribution in [2.75, 3.05) is 0 Å². The zero-order valence-corrected chi connectivity index (χ0v) is 72.1. The highest BCUT2D eigenvalue weighted by molar-refractivity contribution is 5.02. The molecular formula is C103H184. The van der Waals surface area contributed by atoms with Gasteiger partial charge in [-0.05, 0) is 406 Å². The lowest BCUT2D eigenvalue weighted by Crippen LogP contribution is -2.49. The molecule has 0 heterocycles. The summed E-state index contributed by atoms with van der Waals surface area (Å²) in [5.41, 5.74) is 0. The Morgan fingerprint density at radius 3 is 0.670 bits per heavy atom. The summed E-state index contributed by atoms with van der Waals surface area (Å²) in [4.78, 5) is 0. The molecule has 22 bridgehead atoms. The molecule has 0 heteroatoms. The highest BCUT2D eigenvalue weighted by Gasteiger charge is 2.52. The Morgan fingerprint density at radius 2 is 0.456 bits per heavy atom. The minimum Gasteiger partial charge on any atom is -0.0651 e. The van der Waals surface area contributed by atoms with Gasteiger partial charge in [0.05, 0.1) is 0 Å². The average molecular weight is 1420 g/mol. The Hall–Kier alpha value is 0. The van der Waals surface area contributed by atoms with E-state index in [1.807, 2.05) is 0 Å². The Balaban J connectivity index is 0.000000105. The van der Waals surface area contributed by atoms with E-state index in [4.69, 9.17) is 0 Å². The number of hydrogen-bond donors (Lipinski definition) is 0. The number of hydrogen-bond acceptors (Lipinski definition) is 0. The molecule has 0 saturated heterocycles. The van der Waals surface area contributed by atoms with Crippen molar-refractivity contribution in [3.8, 4) is 0 Å².